The predicted molar refractivity (Wildman–Crippen MR) is 66.3 cm³/mol. The third-order valence-electron chi connectivity index (χ3n) is 3.75. The lowest BCUT2D eigenvalue weighted by Gasteiger charge is -2.34. The van der Waals surface area contributed by atoms with E-state index in [1.807, 2.05) is 6.92 Å². The predicted octanol–water partition coefficient (Wildman–Crippen LogP) is 0.784. The van der Waals surface area contributed by atoms with Crippen LogP contribution in [0.1, 0.15) is 35.4 Å². The standard InChI is InChI=1S/C14H15NO4/c1-7-6-10(16)11(13(17)15-7)12-8-4-2-3-5-9(8)14(18)19-12/h2-5,7,10-12,16H,6H2,1H3,(H,15,17). The van der Waals surface area contributed by atoms with Crippen molar-refractivity contribution in [3.05, 3.63) is 35.4 Å². The highest BCUT2D eigenvalue weighted by Gasteiger charge is 2.46. The Kier molecular flexibility index (Phi) is 2.78. The van der Waals surface area contributed by atoms with Crippen molar-refractivity contribution in [3.63, 3.8) is 0 Å². The number of hydrogen-bond acceptors (Lipinski definition) is 4. The van der Waals surface area contributed by atoms with Crippen LogP contribution in [-0.4, -0.2) is 29.1 Å². The summed E-state index contributed by atoms with van der Waals surface area (Å²) in [5.41, 5.74) is 1.16. The largest absolute Gasteiger partial charge is 0.453 e. The molecular formula is C14H15NO4. The number of amides is 1. The molecule has 1 fully saturated rings. The lowest BCUT2D eigenvalue weighted by atomic mass is 9.84. The van der Waals surface area contributed by atoms with Crippen LogP contribution in [0.25, 0.3) is 0 Å². The average molecular weight is 261 g/mol. The summed E-state index contributed by atoms with van der Waals surface area (Å²) in [4.78, 5) is 23.8. The molecule has 5 nitrogen and oxygen atoms in total. The smallest absolute Gasteiger partial charge is 0.339 e. The molecule has 1 aromatic rings. The van der Waals surface area contributed by atoms with E-state index in [-0.39, 0.29) is 11.9 Å². The molecule has 1 saturated heterocycles. The molecule has 1 aromatic carbocycles. The molecule has 0 saturated carbocycles. The number of cyclic esters (lactones) is 1. The van der Waals surface area contributed by atoms with Crippen molar-refractivity contribution in [3.8, 4) is 0 Å². The third kappa shape index (κ3) is 1.90. The molecule has 0 aromatic heterocycles. The Balaban J connectivity index is 1.96. The maximum Gasteiger partial charge on any atom is 0.339 e. The number of piperidine rings is 1. The number of hydrogen-bond donors (Lipinski definition) is 2. The van der Waals surface area contributed by atoms with Crippen molar-refractivity contribution in [2.45, 2.75) is 31.6 Å². The van der Waals surface area contributed by atoms with Gasteiger partial charge < -0.3 is 15.2 Å². The second kappa shape index (κ2) is 4.35. The normalized spacial score (nSPS) is 33.6. The number of carbonyl (C=O) groups excluding carboxylic acids is 2. The fourth-order valence-electron chi connectivity index (χ4n) is 2.86. The maximum absolute atomic E-state index is 12.1. The van der Waals surface area contributed by atoms with E-state index in [0.29, 0.717) is 17.5 Å². The fourth-order valence-corrected chi connectivity index (χ4v) is 2.86. The summed E-state index contributed by atoms with van der Waals surface area (Å²) in [6.07, 6.45) is -1.02. The van der Waals surface area contributed by atoms with E-state index in [2.05, 4.69) is 5.32 Å². The Morgan fingerprint density at radius 2 is 2.05 bits per heavy atom. The van der Waals surface area contributed by atoms with Crippen LogP contribution < -0.4 is 5.32 Å². The van der Waals surface area contributed by atoms with E-state index < -0.39 is 24.1 Å². The highest BCUT2D eigenvalue weighted by Crippen LogP contribution is 2.39. The first-order chi connectivity index (χ1) is 9.08. The van der Waals surface area contributed by atoms with E-state index in [9.17, 15) is 14.7 Å². The Bertz CT molecular complexity index is 542. The zero-order valence-electron chi connectivity index (χ0n) is 10.5. The van der Waals surface area contributed by atoms with Crippen molar-refractivity contribution in [2.24, 2.45) is 5.92 Å². The number of aliphatic hydroxyl groups excluding tert-OH is 1. The second-order valence-corrected chi connectivity index (χ2v) is 5.15. The van der Waals surface area contributed by atoms with Gasteiger partial charge in [-0.2, -0.15) is 0 Å². The maximum atomic E-state index is 12.1. The number of aliphatic hydroxyl groups is 1. The van der Waals surface area contributed by atoms with Gasteiger partial charge in [0, 0.05) is 11.6 Å². The topological polar surface area (TPSA) is 75.6 Å². The van der Waals surface area contributed by atoms with Crippen molar-refractivity contribution in [2.75, 3.05) is 0 Å². The summed E-state index contributed by atoms with van der Waals surface area (Å²) in [7, 11) is 0. The second-order valence-electron chi connectivity index (χ2n) is 5.15. The first-order valence-corrected chi connectivity index (χ1v) is 6.36. The summed E-state index contributed by atoms with van der Waals surface area (Å²) in [5, 5.41) is 12.9. The zero-order chi connectivity index (χ0) is 13.6. The number of fused-ring (bicyclic) bond motifs is 1. The molecule has 0 bridgehead atoms. The molecule has 2 aliphatic rings. The van der Waals surface area contributed by atoms with Crippen LogP contribution in [0.2, 0.25) is 0 Å². The van der Waals surface area contributed by atoms with Gasteiger partial charge in [0.05, 0.1) is 11.7 Å². The summed E-state index contributed by atoms with van der Waals surface area (Å²) in [5.74, 6) is -1.43. The molecule has 19 heavy (non-hydrogen) atoms. The van der Waals surface area contributed by atoms with E-state index in [4.69, 9.17) is 4.74 Å². The Hall–Kier alpha value is -1.88. The fraction of sp³-hybridized carbons (Fsp3) is 0.429. The first-order valence-electron chi connectivity index (χ1n) is 6.36. The van der Waals surface area contributed by atoms with Crippen LogP contribution in [0, 0.1) is 5.92 Å². The van der Waals surface area contributed by atoms with E-state index in [1.54, 1.807) is 24.3 Å². The molecule has 1 amide bonds. The van der Waals surface area contributed by atoms with Gasteiger partial charge in [-0.1, -0.05) is 18.2 Å². The van der Waals surface area contributed by atoms with Gasteiger partial charge in [0.1, 0.15) is 12.0 Å². The lowest BCUT2D eigenvalue weighted by Crippen LogP contribution is -2.51. The van der Waals surface area contributed by atoms with Crippen LogP contribution in [-0.2, 0) is 9.53 Å². The number of carbonyl (C=O) groups is 2. The summed E-state index contributed by atoms with van der Waals surface area (Å²) in [6, 6.07) is 6.92. The molecule has 4 unspecified atom stereocenters. The summed E-state index contributed by atoms with van der Waals surface area (Å²) < 4.78 is 5.29. The average Bonchev–Trinajstić information content (AvgIpc) is 2.67. The molecule has 3 rings (SSSR count). The number of rotatable bonds is 1. The summed E-state index contributed by atoms with van der Waals surface area (Å²) in [6.45, 7) is 1.84. The van der Waals surface area contributed by atoms with Crippen molar-refractivity contribution < 1.29 is 19.4 Å². The van der Waals surface area contributed by atoms with Gasteiger partial charge >= 0.3 is 5.97 Å². The molecule has 0 spiro atoms. The minimum absolute atomic E-state index is 0.0638. The Morgan fingerprint density at radius 3 is 2.79 bits per heavy atom. The van der Waals surface area contributed by atoms with E-state index in [0.717, 1.165) is 0 Å². The van der Waals surface area contributed by atoms with Crippen LogP contribution in [0.3, 0.4) is 0 Å². The number of esters is 1. The van der Waals surface area contributed by atoms with Crippen molar-refractivity contribution in [1.82, 2.24) is 5.32 Å². The van der Waals surface area contributed by atoms with Crippen LogP contribution in [0.4, 0.5) is 0 Å². The van der Waals surface area contributed by atoms with Crippen molar-refractivity contribution in [1.29, 1.82) is 0 Å². The van der Waals surface area contributed by atoms with Crippen LogP contribution in [0.5, 0.6) is 0 Å². The highest BCUT2D eigenvalue weighted by atomic mass is 16.6. The SMILES string of the molecule is CC1CC(O)C(C2OC(=O)c3ccccc32)C(=O)N1. The Labute approximate surface area is 110 Å². The van der Waals surface area contributed by atoms with Gasteiger partial charge in [-0.05, 0) is 19.4 Å². The van der Waals surface area contributed by atoms with Crippen LogP contribution >= 0.6 is 0 Å². The molecule has 100 valence electrons. The number of nitrogens with one attached hydrogen (secondary N) is 1. The number of benzene rings is 1. The van der Waals surface area contributed by atoms with Gasteiger partial charge in [-0.25, -0.2) is 4.79 Å². The highest BCUT2D eigenvalue weighted by molar-refractivity contribution is 5.95. The first kappa shape index (κ1) is 12.2. The van der Waals surface area contributed by atoms with Gasteiger partial charge in [0.2, 0.25) is 5.91 Å². The molecule has 5 heteroatoms. The van der Waals surface area contributed by atoms with Gasteiger partial charge in [-0.3, -0.25) is 4.79 Å². The quantitative estimate of drug-likeness (QED) is 0.733. The van der Waals surface area contributed by atoms with Crippen LogP contribution in [0.15, 0.2) is 24.3 Å². The third-order valence-corrected chi connectivity index (χ3v) is 3.75. The zero-order valence-corrected chi connectivity index (χ0v) is 10.5. The van der Waals surface area contributed by atoms with Gasteiger partial charge in [-0.15, -0.1) is 0 Å². The summed E-state index contributed by atoms with van der Waals surface area (Å²) >= 11 is 0. The molecular weight excluding hydrogens is 246 g/mol. The minimum atomic E-state index is -0.798. The van der Waals surface area contributed by atoms with Gasteiger partial charge in [0.15, 0.2) is 0 Å². The monoisotopic (exact) mass is 261 g/mol. The molecule has 4 atom stereocenters. The van der Waals surface area contributed by atoms with Gasteiger partial charge in [0.25, 0.3) is 0 Å². The van der Waals surface area contributed by atoms with Crippen molar-refractivity contribution >= 4 is 11.9 Å². The lowest BCUT2D eigenvalue weighted by molar-refractivity contribution is -0.139. The van der Waals surface area contributed by atoms with E-state index in [1.165, 1.54) is 0 Å². The Morgan fingerprint density at radius 1 is 1.32 bits per heavy atom. The van der Waals surface area contributed by atoms with E-state index >= 15 is 0 Å². The number of ether oxygens (including phenoxy) is 1. The molecule has 2 N–H and O–H groups in total. The molecule has 2 heterocycles. The minimum Gasteiger partial charge on any atom is -0.453 e. The molecule has 0 aliphatic carbocycles. The molecule has 2 aliphatic heterocycles. The molecule has 0 radical (unpaired) electrons.